The molecular weight excluding hydrogens is 383 g/mol. The molecule has 2 amide bonds. The van der Waals surface area contributed by atoms with Crippen LogP contribution in [-0.4, -0.2) is 36.9 Å². The molecule has 2 rings (SSSR count). The lowest BCUT2D eigenvalue weighted by atomic mass is 9.97. The summed E-state index contributed by atoms with van der Waals surface area (Å²) in [7, 11) is 1.54. The van der Waals surface area contributed by atoms with E-state index < -0.39 is 29.0 Å². The fourth-order valence-electron chi connectivity index (χ4n) is 2.81. The summed E-state index contributed by atoms with van der Waals surface area (Å²) in [6.45, 7) is 3.81. The second-order valence-electron chi connectivity index (χ2n) is 6.89. The number of likely N-dealkylation sites (N-methyl/N-ethyl adjacent to an activating group) is 1. The van der Waals surface area contributed by atoms with E-state index in [0.717, 1.165) is 24.1 Å². The highest BCUT2D eigenvalue weighted by Gasteiger charge is 2.17. The minimum absolute atomic E-state index is 0.0808. The molecular formula is C21H24F3N3O2. The van der Waals surface area contributed by atoms with Gasteiger partial charge in [-0.2, -0.15) is 0 Å². The molecule has 0 fully saturated rings. The first-order valence-corrected chi connectivity index (χ1v) is 9.23. The van der Waals surface area contributed by atoms with Crippen LogP contribution in [0.2, 0.25) is 0 Å². The molecule has 1 atom stereocenters. The molecule has 0 saturated heterocycles. The SMILES string of the molecule is CC[C@@H](C)c1ccccc1NC(=O)CN(C)CC(=O)Nc1ccc(F)c(F)c1F. The van der Waals surface area contributed by atoms with Crippen LogP contribution in [0.5, 0.6) is 0 Å². The zero-order chi connectivity index (χ0) is 21.6. The van der Waals surface area contributed by atoms with Gasteiger partial charge in [-0.1, -0.05) is 32.0 Å². The highest BCUT2D eigenvalue weighted by molar-refractivity contribution is 5.95. The zero-order valence-corrected chi connectivity index (χ0v) is 16.6. The average molecular weight is 407 g/mol. The van der Waals surface area contributed by atoms with Crippen molar-refractivity contribution in [3.8, 4) is 0 Å². The van der Waals surface area contributed by atoms with Crippen LogP contribution >= 0.6 is 0 Å². The standard InChI is InChI=1S/C21H24F3N3O2/c1-4-13(2)14-7-5-6-8-16(14)25-18(28)11-27(3)12-19(29)26-17-10-9-15(22)20(23)21(17)24/h5-10,13H,4,11-12H2,1-3H3,(H,25,28)(H,26,29)/t13-/m1/s1. The number of nitrogens with zero attached hydrogens (tertiary/aromatic N) is 1. The zero-order valence-electron chi connectivity index (χ0n) is 16.6. The Balaban J connectivity index is 1.92. The summed E-state index contributed by atoms with van der Waals surface area (Å²) >= 11 is 0. The number of nitrogens with one attached hydrogen (secondary N) is 2. The number of halogens is 3. The number of carbonyl (C=O) groups is 2. The van der Waals surface area contributed by atoms with E-state index >= 15 is 0 Å². The molecule has 0 unspecified atom stereocenters. The number of hydrogen-bond acceptors (Lipinski definition) is 3. The van der Waals surface area contributed by atoms with Crippen molar-refractivity contribution in [1.82, 2.24) is 4.90 Å². The number of carbonyl (C=O) groups excluding carboxylic acids is 2. The van der Waals surface area contributed by atoms with E-state index in [1.54, 1.807) is 7.05 Å². The Labute approximate surface area is 167 Å². The lowest BCUT2D eigenvalue weighted by Gasteiger charge is -2.19. The van der Waals surface area contributed by atoms with Gasteiger partial charge in [0.15, 0.2) is 17.5 Å². The van der Waals surface area contributed by atoms with Crippen molar-refractivity contribution in [1.29, 1.82) is 0 Å². The van der Waals surface area contributed by atoms with Crippen molar-refractivity contribution in [2.24, 2.45) is 0 Å². The molecule has 0 aromatic heterocycles. The molecule has 0 aliphatic carbocycles. The summed E-state index contributed by atoms with van der Waals surface area (Å²) < 4.78 is 39.8. The second-order valence-corrected chi connectivity index (χ2v) is 6.89. The van der Waals surface area contributed by atoms with E-state index in [-0.39, 0.29) is 24.9 Å². The Hall–Kier alpha value is -2.87. The predicted molar refractivity (Wildman–Crippen MR) is 106 cm³/mol. The van der Waals surface area contributed by atoms with E-state index in [1.807, 2.05) is 24.3 Å². The largest absolute Gasteiger partial charge is 0.325 e. The van der Waals surface area contributed by atoms with Crippen LogP contribution in [0.25, 0.3) is 0 Å². The summed E-state index contributed by atoms with van der Waals surface area (Å²) in [6, 6.07) is 9.17. The monoisotopic (exact) mass is 407 g/mol. The first-order valence-electron chi connectivity index (χ1n) is 9.23. The van der Waals surface area contributed by atoms with Gasteiger partial charge in [0.05, 0.1) is 18.8 Å². The summed E-state index contributed by atoms with van der Waals surface area (Å²) in [5.74, 6) is -5.16. The molecule has 0 aliphatic rings. The molecule has 0 aliphatic heterocycles. The van der Waals surface area contributed by atoms with Crippen molar-refractivity contribution in [2.75, 3.05) is 30.8 Å². The van der Waals surface area contributed by atoms with Crippen molar-refractivity contribution < 1.29 is 22.8 Å². The van der Waals surface area contributed by atoms with Gasteiger partial charge in [-0.3, -0.25) is 14.5 Å². The maximum Gasteiger partial charge on any atom is 0.238 e. The first-order chi connectivity index (χ1) is 13.7. The summed E-state index contributed by atoms with van der Waals surface area (Å²) in [6.07, 6.45) is 0.924. The highest BCUT2D eigenvalue weighted by Crippen LogP contribution is 2.26. The van der Waals surface area contributed by atoms with Gasteiger partial charge in [0.2, 0.25) is 11.8 Å². The van der Waals surface area contributed by atoms with Crippen molar-refractivity contribution in [2.45, 2.75) is 26.2 Å². The number of benzene rings is 2. The molecule has 29 heavy (non-hydrogen) atoms. The van der Waals surface area contributed by atoms with Crippen LogP contribution in [0.4, 0.5) is 24.5 Å². The predicted octanol–water partition coefficient (Wildman–Crippen LogP) is 4.13. The minimum Gasteiger partial charge on any atom is -0.325 e. The van der Waals surface area contributed by atoms with E-state index in [1.165, 1.54) is 4.90 Å². The minimum atomic E-state index is -1.66. The Kier molecular flexibility index (Phi) is 7.78. The van der Waals surface area contributed by atoms with Gasteiger partial charge in [-0.05, 0) is 43.1 Å². The maximum absolute atomic E-state index is 13.6. The fourth-order valence-corrected chi connectivity index (χ4v) is 2.81. The van der Waals surface area contributed by atoms with Gasteiger partial charge in [0, 0.05) is 5.69 Å². The third kappa shape index (κ3) is 6.05. The molecule has 8 heteroatoms. The average Bonchev–Trinajstić information content (AvgIpc) is 2.68. The fraction of sp³-hybridized carbons (Fsp3) is 0.333. The topological polar surface area (TPSA) is 61.4 Å². The van der Waals surface area contributed by atoms with Gasteiger partial charge in [0.25, 0.3) is 0 Å². The third-order valence-corrected chi connectivity index (χ3v) is 4.51. The smallest absolute Gasteiger partial charge is 0.238 e. The second kappa shape index (κ2) is 10.1. The van der Waals surface area contributed by atoms with E-state index in [9.17, 15) is 22.8 Å². The van der Waals surface area contributed by atoms with Gasteiger partial charge in [-0.15, -0.1) is 0 Å². The van der Waals surface area contributed by atoms with Gasteiger partial charge in [-0.25, -0.2) is 13.2 Å². The maximum atomic E-state index is 13.6. The van der Waals surface area contributed by atoms with Crippen LogP contribution < -0.4 is 10.6 Å². The van der Waals surface area contributed by atoms with Crippen LogP contribution in [0.3, 0.4) is 0 Å². The van der Waals surface area contributed by atoms with Crippen LogP contribution in [0.1, 0.15) is 31.7 Å². The number of hydrogen-bond donors (Lipinski definition) is 2. The van der Waals surface area contributed by atoms with Crippen molar-refractivity contribution in [3.05, 3.63) is 59.4 Å². The normalized spacial score (nSPS) is 12.0. The van der Waals surface area contributed by atoms with E-state index in [0.29, 0.717) is 5.69 Å². The van der Waals surface area contributed by atoms with E-state index in [4.69, 9.17) is 0 Å². The highest BCUT2D eigenvalue weighted by atomic mass is 19.2. The van der Waals surface area contributed by atoms with Gasteiger partial charge < -0.3 is 10.6 Å². The van der Waals surface area contributed by atoms with Gasteiger partial charge in [0.1, 0.15) is 0 Å². The summed E-state index contributed by atoms with van der Waals surface area (Å²) in [5.41, 5.74) is 1.28. The molecule has 0 heterocycles. The molecule has 0 bridgehead atoms. The Morgan fingerprint density at radius 1 is 0.931 bits per heavy atom. The number of anilines is 2. The quantitative estimate of drug-likeness (QED) is 0.647. The summed E-state index contributed by atoms with van der Waals surface area (Å²) in [4.78, 5) is 25.8. The molecule has 0 spiro atoms. The molecule has 2 aromatic carbocycles. The Bertz CT molecular complexity index is 889. The molecule has 0 radical (unpaired) electrons. The Morgan fingerprint density at radius 3 is 2.14 bits per heavy atom. The molecule has 156 valence electrons. The third-order valence-electron chi connectivity index (χ3n) is 4.51. The lowest BCUT2D eigenvalue weighted by molar-refractivity contribution is -0.119. The molecule has 2 aromatic rings. The van der Waals surface area contributed by atoms with Crippen LogP contribution in [0.15, 0.2) is 36.4 Å². The van der Waals surface area contributed by atoms with Gasteiger partial charge >= 0.3 is 0 Å². The number of amides is 2. The molecule has 2 N–H and O–H groups in total. The van der Waals surface area contributed by atoms with E-state index in [2.05, 4.69) is 24.5 Å². The van der Waals surface area contributed by atoms with Crippen LogP contribution in [0, 0.1) is 17.5 Å². The summed E-state index contributed by atoms with van der Waals surface area (Å²) in [5, 5.41) is 5.01. The first kappa shape index (κ1) is 22.4. The lowest BCUT2D eigenvalue weighted by Crippen LogP contribution is -2.36. The van der Waals surface area contributed by atoms with Crippen LogP contribution in [-0.2, 0) is 9.59 Å². The van der Waals surface area contributed by atoms with Crippen molar-refractivity contribution >= 4 is 23.2 Å². The number of rotatable bonds is 8. The number of para-hydroxylation sites is 1. The van der Waals surface area contributed by atoms with Crippen molar-refractivity contribution in [3.63, 3.8) is 0 Å². The Morgan fingerprint density at radius 2 is 1.52 bits per heavy atom. The molecule has 5 nitrogen and oxygen atoms in total. The molecule has 0 saturated carbocycles.